The van der Waals surface area contributed by atoms with Crippen molar-refractivity contribution >= 4 is 6.03 Å². The highest BCUT2D eigenvalue weighted by molar-refractivity contribution is 5.74. The molecule has 2 unspecified atom stereocenters. The van der Waals surface area contributed by atoms with Crippen molar-refractivity contribution in [3.8, 4) is 0 Å². The largest absolute Gasteiger partial charge is 0.325 e. The highest BCUT2D eigenvalue weighted by Gasteiger charge is 2.32. The van der Waals surface area contributed by atoms with Gasteiger partial charge in [0.25, 0.3) is 0 Å². The Morgan fingerprint density at radius 3 is 2.47 bits per heavy atom. The molecule has 2 aliphatic heterocycles. The molecule has 19 heavy (non-hydrogen) atoms. The molecular formula is C15H29N3O. The number of amides is 2. The molecule has 110 valence electrons. The van der Waals surface area contributed by atoms with Crippen molar-refractivity contribution in [1.82, 2.24) is 15.1 Å². The Hall–Kier alpha value is -0.770. The van der Waals surface area contributed by atoms with Crippen LogP contribution < -0.4 is 5.32 Å². The maximum atomic E-state index is 12.5. The lowest BCUT2D eigenvalue weighted by Crippen LogP contribution is -2.54. The third kappa shape index (κ3) is 3.62. The van der Waals surface area contributed by atoms with Crippen LogP contribution in [-0.2, 0) is 0 Å². The molecule has 0 aliphatic carbocycles. The van der Waals surface area contributed by atoms with Crippen molar-refractivity contribution < 1.29 is 4.79 Å². The van der Waals surface area contributed by atoms with E-state index in [9.17, 15) is 4.79 Å². The van der Waals surface area contributed by atoms with Crippen molar-refractivity contribution in [2.45, 2.75) is 52.0 Å². The number of likely N-dealkylation sites (tertiary alicyclic amines) is 2. The highest BCUT2D eigenvalue weighted by atomic mass is 16.2. The minimum absolute atomic E-state index is 0.285. The fourth-order valence-electron chi connectivity index (χ4n) is 3.44. The van der Waals surface area contributed by atoms with E-state index in [1.807, 2.05) is 0 Å². The van der Waals surface area contributed by atoms with E-state index in [2.05, 4.69) is 29.0 Å². The van der Waals surface area contributed by atoms with Crippen molar-refractivity contribution in [3.05, 3.63) is 0 Å². The zero-order chi connectivity index (χ0) is 13.7. The van der Waals surface area contributed by atoms with Gasteiger partial charge in [0.2, 0.25) is 0 Å². The monoisotopic (exact) mass is 267 g/mol. The van der Waals surface area contributed by atoms with Gasteiger partial charge in [0.15, 0.2) is 0 Å². The topological polar surface area (TPSA) is 35.6 Å². The molecule has 4 nitrogen and oxygen atoms in total. The summed E-state index contributed by atoms with van der Waals surface area (Å²) in [6, 6.07) is 0.883. The summed E-state index contributed by atoms with van der Waals surface area (Å²) < 4.78 is 0. The molecule has 0 aromatic rings. The second kappa shape index (κ2) is 7.13. The van der Waals surface area contributed by atoms with E-state index in [4.69, 9.17) is 0 Å². The minimum atomic E-state index is 0.285. The van der Waals surface area contributed by atoms with Gasteiger partial charge in [-0.05, 0) is 38.1 Å². The number of nitrogens with zero attached hydrogens (tertiary/aromatic N) is 2. The standard InChI is InChI=1S/C15H29N3O/c1-3-13-12-18(11-8-14(13)16-4-2)15(19)17-9-6-5-7-10-17/h13-14,16H,3-12H2,1-2H3. The highest BCUT2D eigenvalue weighted by Crippen LogP contribution is 2.22. The first-order chi connectivity index (χ1) is 9.26. The molecule has 2 saturated heterocycles. The Morgan fingerprint density at radius 2 is 1.84 bits per heavy atom. The van der Waals surface area contributed by atoms with Gasteiger partial charge in [-0.1, -0.05) is 20.3 Å². The van der Waals surface area contributed by atoms with E-state index in [0.29, 0.717) is 12.0 Å². The molecule has 0 radical (unpaired) electrons. The van der Waals surface area contributed by atoms with Crippen molar-refractivity contribution in [1.29, 1.82) is 0 Å². The number of urea groups is 1. The molecule has 4 heteroatoms. The summed E-state index contributed by atoms with van der Waals surface area (Å²) in [5, 5.41) is 3.57. The number of rotatable bonds is 3. The number of carbonyl (C=O) groups is 1. The van der Waals surface area contributed by atoms with Crippen molar-refractivity contribution in [2.24, 2.45) is 5.92 Å². The lowest BCUT2D eigenvalue weighted by Gasteiger charge is -2.41. The maximum absolute atomic E-state index is 12.5. The summed E-state index contributed by atoms with van der Waals surface area (Å²) in [5.74, 6) is 0.613. The van der Waals surface area contributed by atoms with Gasteiger partial charge < -0.3 is 15.1 Å². The lowest BCUT2D eigenvalue weighted by molar-refractivity contribution is 0.107. The Balaban J connectivity index is 1.89. The Morgan fingerprint density at radius 1 is 1.11 bits per heavy atom. The summed E-state index contributed by atoms with van der Waals surface area (Å²) in [7, 11) is 0. The van der Waals surface area contributed by atoms with Gasteiger partial charge in [0.05, 0.1) is 0 Å². The number of carbonyl (C=O) groups excluding carboxylic acids is 1. The van der Waals surface area contributed by atoms with Crippen LogP contribution in [0.2, 0.25) is 0 Å². The van der Waals surface area contributed by atoms with Gasteiger partial charge >= 0.3 is 6.03 Å². The van der Waals surface area contributed by atoms with Gasteiger partial charge in [0.1, 0.15) is 0 Å². The number of piperidine rings is 2. The van der Waals surface area contributed by atoms with E-state index >= 15 is 0 Å². The molecule has 0 bridgehead atoms. The second-order valence-corrected chi connectivity index (χ2v) is 5.90. The van der Waals surface area contributed by atoms with Gasteiger partial charge in [0, 0.05) is 32.2 Å². The first-order valence-corrected chi connectivity index (χ1v) is 8.03. The van der Waals surface area contributed by atoms with Crippen LogP contribution in [-0.4, -0.2) is 54.6 Å². The van der Waals surface area contributed by atoms with Crippen molar-refractivity contribution in [3.63, 3.8) is 0 Å². The molecule has 0 aromatic heterocycles. The number of nitrogens with one attached hydrogen (secondary N) is 1. The smallest absolute Gasteiger partial charge is 0.320 e. The minimum Gasteiger partial charge on any atom is -0.325 e. The second-order valence-electron chi connectivity index (χ2n) is 5.90. The quantitative estimate of drug-likeness (QED) is 0.851. The average Bonchev–Trinajstić information content (AvgIpc) is 2.48. The van der Waals surface area contributed by atoms with Gasteiger partial charge in [-0.15, -0.1) is 0 Å². The fraction of sp³-hybridized carbons (Fsp3) is 0.933. The average molecular weight is 267 g/mol. The van der Waals surface area contributed by atoms with Crippen LogP contribution >= 0.6 is 0 Å². The van der Waals surface area contributed by atoms with Crippen LogP contribution in [0.1, 0.15) is 46.0 Å². The molecule has 0 saturated carbocycles. The van der Waals surface area contributed by atoms with Crippen LogP contribution in [0.25, 0.3) is 0 Å². The van der Waals surface area contributed by atoms with Crippen LogP contribution in [0, 0.1) is 5.92 Å². The first-order valence-electron chi connectivity index (χ1n) is 8.03. The normalized spacial score (nSPS) is 28.5. The summed E-state index contributed by atoms with van der Waals surface area (Å²) in [5.41, 5.74) is 0. The Labute approximate surface area is 117 Å². The van der Waals surface area contributed by atoms with Crippen LogP contribution in [0.3, 0.4) is 0 Å². The van der Waals surface area contributed by atoms with Crippen LogP contribution in [0.5, 0.6) is 0 Å². The molecule has 2 amide bonds. The number of hydrogen-bond acceptors (Lipinski definition) is 2. The third-order valence-corrected chi connectivity index (χ3v) is 4.62. The molecule has 2 rings (SSSR count). The van der Waals surface area contributed by atoms with Crippen LogP contribution in [0.15, 0.2) is 0 Å². The lowest BCUT2D eigenvalue weighted by atomic mass is 9.90. The van der Waals surface area contributed by atoms with E-state index < -0.39 is 0 Å². The van der Waals surface area contributed by atoms with Gasteiger partial charge in [-0.3, -0.25) is 0 Å². The van der Waals surface area contributed by atoms with E-state index in [1.54, 1.807) is 0 Å². The first kappa shape index (κ1) is 14.6. The Bertz CT molecular complexity index is 289. The summed E-state index contributed by atoms with van der Waals surface area (Å²) >= 11 is 0. The van der Waals surface area contributed by atoms with Gasteiger partial charge in [-0.2, -0.15) is 0 Å². The Kier molecular flexibility index (Phi) is 5.49. The molecule has 0 aromatic carbocycles. The summed E-state index contributed by atoms with van der Waals surface area (Å²) in [6.45, 7) is 9.21. The molecule has 2 heterocycles. The molecular weight excluding hydrogens is 238 g/mol. The summed E-state index contributed by atoms with van der Waals surface area (Å²) in [4.78, 5) is 16.7. The SMILES string of the molecule is CCNC1CCN(C(=O)N2CCCCC2)CC1CC. The molecule has 2 atom stereocenters. The van der Waals surface area contributed by atoms with E-state index in [1.165, 1.54) is 19.3 Å². The maximum Gasteiger partial charge on any atom is 0.320 e. The van der Waals surface area contributed by atoms with E-state index in [0.717, 1.165) is 45.6 Å². The predicted octanol–water partition coefficient (Wildman–Crippen LogP) is 2.30. The predicted molar refractivity (Wildman–Crippen MR) is 78.3 cm³/mol. The number of hydrogen-bond donors (Lipinski definition) is 1. The zero-order valence-electron chi connectivity index (χ0n) is 12.5. The molecule has 1 N–H and O–H groups in total. The molecule has 0 spiro atoms. The molecule has 2 fully saturated rings. The molecule has 2 aliphatic rings. The van der Waals surface area contributed by atoms with Crippen LogP contribution in [0.4, 0.5) is 4.79 Å². The van der Waals surface area contributed by atoms with E-state index in [-0.39, 0.29) is 6.03 Å². The fourth-order valence-corrected chi connectivity index (χ4v) is 3.44. The van der Waals surface area contributed by atoms with Gasteiger partial charge in [-0.25, -0.2) is 4.79 Å². The zero-order valence-corrected chi connectivity index (χ0v) is 12.5. The third-order valence-electron chi connectivity index (χ3n) is 4.62. The van der Waals surface area contributed by atoms with Crippen molar-refractivity contribution in [2.75, 3.05) is 32.7 Å². The summed E-state index contributed by atoms with van der Waals surface area (Å²) in [6.07, 6.45) is 5.89.